The van der Waals surface area contributed by atoms with E-state index in [4.69, 9.17) is 10.2 Å². The molecule has 0 aromatic heterocycles. The lowest BCUT2D eigenvalue weighted by Crippen LogP contribution is -2.35. The van der Waals surface area contributed by atoms with Gasteiger partial charge in [-0.1, -0.05) is 0 Å². The van der Waals surface area contributed by atoms with Gasteiger partial charge in [0.1, 0.15) is 0 Å². The minimum Gasteiger partial charge on any atom is -0.389 e. The van der Waals surface area contributed by atoms with Crippen molar-refractivity contribution in [3.63, 3.8) is 0 Å². The van der Waals surface area contributed by atoms with Crippen LogP contribution in [0, 0.1) is 0 Å². The molecule has 0 aliphatic carbocycles. The fraction of sp³-hybridized carbons (Fsp3) is 1.00. The highest BCUT2D eigenvalue weighted by atomic mass is 32.2. The van der Waals surface area contributed by atoms with E-state index in [-0.39, 0.29) is 13.1 Å². The van der Waals surface area contributed by atoms with Gasteiger partial charge in [-0.15, -0.1) is 0 Å². The van der Waals surface area contributed by atoms with Crippen molar-refractivity contribution in [1.82, 2.24) is 9.44 Å². The summed E-state index contributed by atoms with van der Waals surface area (Å²) in [6.07, 6.45) is -2.08. The molecule has 0 saturated carbocycles. The topological polar surface area (TPSA) is 98.7 Å². The quantitative estimate of drug-likeness (QED) is 0.324. The molecule has 4 N–H and O–H groups in total. The molecule has 1 saturated heterocycles. The summed E-state index contributed by atoms with van der Waals surface area (Å²) in [4.78, 5) is 0. The molecule has 0 aromatic rings. The highest BCUT2D eigenvalue weighted by molar-refractivity contribution is 7.87. The van der Waals surface area contributed by atoms with Gasteiger partial charge in [0.15, 0.2) is 0 Å². The Morgan fingerprint density at radius 1 is 1.09 bits per heavy atom. The van der Waals surface area contributed by atoms with Crippen LogP contribution in [0.2, 0.25) is 0 Å². The maximum atomic E-state index is 10.7. The molecule has 0 unspecified atom stereocenters. The van der Waals surface area contributed by atoms with E-state index in [1.54, 1.807) is 0 Å². The van der Waals surface area contributed by atoms with Crippen LogP contribution in [0.4, 0.5) is 0 Å². The Balaban J connectivity index is 2.66. The van der Waals surface area contributed by atoms with Gasteiger partial charge in [0.05, 0.1) is 12.2 Å². The number of hydrogen-bond acceptors (Lipinski definition) is 4. The Morgan fingerprint density at radius 3 is 1.82 bits per heavy atom. The van der Waals surface area contributed by atoms with Crippen LogP contribution in [0.15, 0.2) is 0 Å². The summed E-state index contributed by atoms with van der Waals surface area (Å²) in [5.41, 5.74) is 0. The van der Waals surface area contributed by atoms with E-state index in [9.17, 15) is 8.42 Å². The average molecular weight is 182 g/mol. The molecule has 1 fully saturated rings. The van der Waals surface area contributed by atoms with Crippen molar-refractivity contribution >= 4 is 10.2 Å². The fourth-order valence-electron chi connectivity index (χ4n) is 0.713. The fourth-order valence-corrected chi connectivity index (χ4v) is 1.60. The molecule has 1 heterocycles. The van der Waals surface area contributed by atoms with Gasteiger partial charge in [-0.2, -0.15) is 17.9 Å². The van der Waals surface area contributed by atoms with Crippen LogP contribution < -0.4 is 9.44 Å². The molecule has 6 nitrogen and oxygen atoms in total. The molecule has 2 atom stereocenters. The third-order valence-corrected chi connectivity index (χ3v) is 2.50. The van der Waals surface area contributed by atoms with Crippen LogP contribution in [0.5, 0.6) is 0 Å². The summed E-state index contributed by atoms with van der Waals surface area (Å²) >= 11 is 0. The van der Waals surface area contributed by atoms with Gasteiger partial charge in [-0.3, -0.25) is 0 Å². The number of hydrogen-bond donors (Lipinski definition) is 4. The van der Waals surface area contributed by atoms with Crippen LogP contribution in [-0.2, 0) is 10.2 Å². The molecular formula is C4H10N2O4S. The molecule has 7 heteroatoms. The van der Waals surface area contributed by atoms with Crippen LogP contribution in [0.3, 0.4) is 0 Å². The predicted octanol–water partition coefficient (Wildman–Crippen LogP) is -2.85. The molecule has 0 bridgehead atoms. The van der Waals surface area contributed by atoms with E-state index in [1.807, 2.05) is 0 Å². The van der Waals surface area contributed by atoms with Gasteiger partial charge < -0.3 is 10.2 Å². The van der Waals surface area contributed by atoms with Gasteiger partial charge in [0, 0.05) is 13.1 Å². The van der Waals surface area contributed by atoms with Crippen molar-refractivity contribution < 1.29 is 18.6 Å². The first-order valence-electron chi connectivity index (χ1n) is 3.11. The van der Waals surface area contributed by atoms with E-state index >= 15 is 0 Å². The third-order valence-electron chi connectivity index (χ3n) is 1.41. The normalized spacial score (nSPS) is 38.0. The maximum absolute atomic E-state index is 10.7. The first kappa shape index (κ1) is 8.88. The van der Waals surface area contributed by atoms with Crippen molar-refractivity contribution in [1.29, 1.82) is 0 Å². The van der Waals surface area contributed by atoms with E-state index in [0.717, 1.165) is 0 Å². The smallest absolute Gasteiger partial charge is 0.277 e. The molecule has 0 aromatic carbocycles. The van der Waals surface area contributed by atoms with Crippen LogP contribution in [0.1, 0.15) is 0 Å². The van der Waals surface area contributed by atoms with Crippen LogP contribution in [-0.4, -0.2) is 43.9 Å². The Labute approximate surface area is 64.4 Å². The standard InChI is InChI=1S/C4H10N2O4S/c7-3-1-5-11(9,10)6-2-4(3)8/h3-8H,1-2H2/t3-,4-/m0/s1. The van der Waals surface area contributed by atoms with E-state index in [0.29, 0.717) is 0 Å². The van der Waals surface area contributed by atoms with Crippen LogP contribution in [0.25, 0.3) is 0 Å². The second-order valence-corrected chi connectivity index (χ2v) is 3.92. The van der Waals surface area contributed by atoms with Gasteiger partial charge in [-0.25, -0.2) is 0 Å². The van der Waals surface area contributed by atoms with Crippen LogP contribution >= 0.6 is 0 Å². The van der Waals surface area contributed by atoms with Crippen molar-refractivity contribution in [2.45, 2.75) is 12.2 Å². The first-order chi connectivity index (χ1) is 5.01. The van der Waals surface area contributed by atoms with Crippen molar-refractivity contribution in [3.8, 4) is 0 Å². The summed E-state index contributed by atoms with van der Waals surface area (Å²) in [6, 6.07) is 0. The largest absolute Gasteiger partial charge is 0.389 e. The lowest BCUT2D eigenvalue weighted by atomic mass is 10.2. The third kappa shape index (κ3) is 2.38. The highest BCUT2D eigenvalue weighted by Gasteiger charge is 2.24. The summed E-state index contributed by atoms with van der Waals surface area (Å²) in [7, 11) is -3.51. The predicted molar refractivity (Wildman–Crippen MR) is 36.9 cm³/mol. The molecule has 0 amide bonds. The zero-order chi connectivity index (χ0) is 8.48. The second kappa shape index (κ2) is 3.03. The summed E-state index contributed by atoms with van der Waals surface area (Å²) in [5, 5.41) is 17.9. The Hall–Kier alpha value is -0.210. The Kier molecular flexibility index (Phi) is 2.45. The zero-order valence-corrected chi connectivity index (χ0v) is 6.50. The molecule has 1 aliphatic heterocycles. The van der Waals surface area contributed by atoms with E-state index in [1.165, 1.54) is 0 Å². The number of rotatable bonds is 0. The molecule has 11 heavy (non-hydrogen) atoms. The summed E-state index contributed by atoms with van der Waals surface area (Å²) in [6.45, 7) is -0.312. The molecule has 1 aliphatic rings. The maximum Gasteiger partial charge on any atom is 0.277 e. The SMILES string of the molecule is O=S1(=O)NC[C@H](O)[C@@H](O)CN1. The van der Waals surface area contributed by atoms with Crippen molar-refractivity contribution in [2.75, 3.05) is 13.1 Å². The summed E-state index contributed by atoms with van der Waals surface area (Å²) < 4.78 is 25.5. The van der Waals surface area contributed by atoms with Crippen molar-refractivity contribution in [3.05, 3.63) is 0 Å². The number of aliphatic hydroxyl groups excluding tert-OH is 2. The molecule has 66 valence electrons. The lowest BCUT2D eigenvalue weighted by Gasteiger charge is -2.10. The van der Waals surface area contributed by atoms with Crippen molar-refractivity contribution in [2.24, 2.45) is 0 Å². The molecule has 1 rings (SSSR count). The number of aliphatic hydroxyl groups is 2. The van der Waals surface area contributed by atoms with E-state index in [2.05, 4.69) is 9.44 Å². The molecule has 0 spiro atoms. The molecule has 0 radical (unpaired) electrons. The molecular weight excluding hydrogens is 172 g/mol. The van der Waals surface area contributed by atoms with Gasteiger partial charge in [-0.05, 0) is 0 Å². The minimum absolute atomic E-state index is 0.156. The highest BCUT2D eigenvalue weighted by Crippen LogP contribution is 1.96. The average Bonchev–Trinajstić information content (AvgIpc) is 2.03. The van der Waals surface area contributed by atoms with Gasteiger partial charge >= 0.3 is 0 Å². The Bertz CT molecular complexity index is 208. The monoisotopic (exact) mass is 182 g/mol. The number of β-amino-alcohol motifs (C(OH)–C–C–N with tert-alkyl or cyclic N) is 2. The van der Waals surface area contributed by atoms with Gasteiger partial charge in [0.25, 0.3) is 10.2 Å². The number of nitrogens with one attached hydrogen (secondary N) is 2. The second-order valence-electron chi connectivity index (χ2n) is 2.34. The Morgan fingerprint density at radius 2 is 1.45 bits per heavy atom. The minimum atomic E-state index is -3.51. The first-order valence-corrected chi connectivity index (χ1v) is 4.60. The van der Waals surface area contributed by atoms with E-state index < -0.39 is 22.4 Å². The van der Waals surface area contributed by atoms with Gasteiger partial charge in [0.2, 0.25) is 0 Å². The lowest BCUT2D eigenvalue weighted by molar-refractivity contribution is 0.0299. The zero-order valence-electron chi connectivity index (χ0n) is 5.69. The summed E-state index contributed by atoms with van der Waals surface area (Å²) in [5.74, 6) is 0.